The van der Waals surface area contributed by atoms with Crippen molar-refractivity contribution in [3.63, 3.8) is 0 Å². The molecule has 142 valence electrons. The number of esters is 1. The first-order valence-corrected chi connectivity index (χ1v) is 9.65. The first-order valence-electron chi connectivity index (χ1n) is 9.65. The van der Waals surface area contributed by atoms with Crippen LogP contribution < -0.4 is 5.32 Å². The molecule has 4 aliphatic rings. The number of hydrogen-bond donors (Lipinski definition) is 1. The van der Waals surface area contributed by atoms with Crippen molar-refractivity contribution < 1.29 is 19.1 Å². The number of benzene rings is 1. The summed E-state index contributed by atoms with van der Waals surface area (Å²) in [4.78, 5) is 27.9. The summed E-state index contributed by atoms with van der Waals surface area (Å²) in [6.45, 7) is 3.79. The number of fused-ring (bicyclic) bond motifs is 5. The summed E-state index contributed by atoms with van der Waals surface area (Å²) >= 11 is 0. The van der Waals surface area contributed by atoms with E-state index < -0.39 is 5.41 Å². The molecule has 2 saturated heterocycles. The van der Waals surface area contributed by atoms with Crippen LogP contribution in [0.1, 0.15) is 25.3 Å². The highest BCUT2D eigenvalue weighted by Gasteiger charge is 2.61. The lowest BCUT2D eigenvalue weighted by Crippen LogP contribution is -2.56. The molecule has 2 fully saturated rings. The third-order valence-electron chi connectivity index (χ3n) is 7.14. The maximum atomic E-state index is 13.1. The molecular weight excluding hydrogens is 344 g/mol. The van der Waals surface area contributed by atoms with Crippen LogP contribution >= 0.6 is 0 Å². The lowest BCUT2D eigenvalue weighted by molar-refractivity contribution is -0.139. The van der Waals surface area contributed by atoms with E-state index in [0.29, 0.717) is 5.57 Å². The maximum absolute atomic E-state index is 13.1. The van der Waals surface area contributed by atoms with Gasteiger partial charge in [-0.25, -0.2) is 4.79 Å². The molecule has 1 spiro atoms. The van der Waals surface area contributed by atoms with Gasteiger partial charge < -0.3 is 14.8 Å². The average Bonchev–Trinajstić information content (AvgIpc) is 3.20. The van der Waals surface area contributed by atoms with Gasteiger partial charge in [-0.1, -0.05) is 18.2 Å². The Bertz CT molecular complexity index is 850. The highest BCUT2D eigenvalue weighted by Crippen LogP contribution is 2.53. The predicted molar refractivity (Wildman–Crippen MR) is 99.0 cm³/mol. The molecule has 4 aliphatic heterocycles. The number of nitrogens with zero attached hydrogens (tertiary/aromatic N) is 1. The summed E-state index contributed by atoms with van der Waals surface area (Å²) < 4.78 is 10.8. The summed E-state index contributed by atoms with van der Waals surface area (Å²) in [6, 6.07) is 8.10. The molecule has 4 heterocycles. The van der Waals surface area contributed by atoms with Crippen molar-refractivity contribution in [2.45, 2.75) is 37.3 Å². The first kappa shape index (κ1) is 16.8. The number of methoxy groups -OCH3 is 1. The van der Waals surface area contributed by atoms with Crippen LogP contribution in [0.5, 0.6) is 0 Å². The highest BCUT2D eigenvalue weighted by atomic mass is 16.5. The van der Waals surface area contributed by atoms with E-state index in [9.17, 15) is 9.59 Å². The maximum Gasteiger partial charge on any atom is 0.337 e. The van der Waals surface area contributed by atoms with E-state index in [-0.39, 0.29) is 35.9 Å². The Labute approximate surface area is 158 Å². The number of ether oxygens (including phenoxy) is 2. The van der Waals surface area contributed by atoms with Crippen LogP contribution in [0.4, 0.5) is 5.69 Å². The zero-order valence-electron chi connectivity index (χ0n) is 15.6. The van der Waals surface area contributed by atoms with Gasteiger partial charge in [0, 0.05) is 30.1 Å². The van der Waals surface area contributed by atoms with Gasteiger partial charge in [0.25, 0.3) is 0 Å². The van der Waals surface area contributed by atoms with Gasteiger partial charge in [0.1, 0.15) is 0 Å². The molecule has 0 aliphatic carbocycles. The molecule has 0 bridgehead atoms. The van der Waals surface area contributed by atoms with Crippen molar-refractivity contribution >= 4 is 17.6 Å². The predicted octanol–water partition coefficient (Wildman–Crippen LogP) is 2.06. The third kappa shape index (κ3) is 2.16. The molecule has 0 radical (unpaired) electrons. The van der Waals surface area contributed by atoms with Crippen LogP contribution in [0.3, 0.4) is 0 Å². The Balaban J connectivity index is 1.55. The van der Waals surface area contributed by atoms with Gasteiger partial charge in [0.05, 0.1) is 30.5 Å². The van der Waals surface area contributed by atoms with E-state index in [4.69, 9.17) is 9.47 Å². The molecule has 0 aromatic heterocycles. The molecule has 0 saturated carbocycles. The summed E-state index contributed by atoms with van der Waals surface area (Å²) in [5.41, 5.74) is 2.11. The largest absolute Gasteiger partial charge is 0.497 e. The second-order valence-corrected chi connectivity index (χ2v) is 8.14. The molecule has 1 N–H and O–H groups in total. The van der Waals surface area contributed by atoms with Crippen LogP contribution in [0.2, 0.25) is 0 Å². The Hall–Kier alpha value is -2.34. The van der Waals surface area contributed by atoms with Crippen molar-refractivity contribution in [1.29, 1.82) is 0 Å². The van der Waals surface area contributed by atoms with Crippen LogP contribution in [0.25, 0.3) is 0 Å². The number of carbonyl (C=O) groups is 2. The number of rotatable bonds is 1. The fourth-order valence-corrected chi connectivity index (χ4v) is 5.77. The van der Waals surface area contributed by atoms with Crippen molar-refractivity contribution in [2.24, 2.45) is 11.8 Å². The molecule has 1 aromatic carbocycles. The number of para-hydroxylation sites is 1. The number of amides is 1. The zero-order chi connectivity index (χ0) is 18.8. The Morgan fingerprint density at radius 1 is 1.37 bits per heavy atom. The molecule has 1 aromatic rings. The van der Waals surface area contributed by atoms with E-state index >= 15 is 0 Å². The SMILES string of the molecule is COC(=O)C1=CO[C@@H](C)[C@@H]2CN3CC[C@]4(C(=O)Nc5ccccc54)[C@H]3C[C@@H]12. The lowest BCUT2D eigenvalue weighted by Gasteiger charge is -2.48. The molecule has 1 amide bonds. The fourth-order valence-electron chi connectivity index (χ4n) is 5.77. The zero-order valence-corrected chi connectivity index (χ0v) is 15.6. The fraction of sp³-hybridized carbons (Fsp3) is 0.524. The van der Waals surface area contributed by atoms with E-state index in [1.807, 2.05) is 18.2 Å². The number of nitrogens with one attached hydrogen (secondary N) is 1. The molecule has 6 nitrogen and oxygen atoms in total. The minimum atomic E-state index is -0.523. The Kier molecular flexibility index (Phi) is 3.63. The molecular formula is C21H24N2O4. The van der Waals surface area contributed by atoms with Crippen molar-refractivity contribution in [1.82, 2.24) is 4.90 Å². The van der Waals surface area contributed by atoms with E-state index in [0.717, 1.165) is 37.2 Å². The van der Waals surface area contributed by atoms with Crippen LogP contribution in [-0.4, -0.2) is 49.1 Å². The third-order valence-corrected chi connectivity index (χ3v) is 7.14. The second kappa shape index (κ2) is 5.83. The standard InChI is InChI=1S/C21H24N2O4/c1-12-14-10-23-8-7-21(16-5-3-4-6-17(16)22-20(21)25)18(23)9-13(14)15(11-27-12)19(24)26-2/h3-6,11-14,18H,7-10H2,1-2H3,(H,22,25)/t12-,13+,14-,18+,21+/m0/s1. The minimum absolute atomic E-state index is 0.0468. The van der Waals surface area contributed by atoms with Gasteiger partial charge in [-0.3, -0.25) is 9.69 Å². The number of hydrogen-bond acceptors (Lipinski definition) is 5. The van der Waals surface area contributed by atoms with Crippen LogP contribution in [0.15, 0.2) is 36.1 Å². The smallest absolute Gasteiger partial charge is 0.337 e. The lowest BCUT2D eigenvalue weighted by atomic mass is 9.66. The van der Waals surface area contributed by atoms with E-state index in [1.165, 1.54) is 7.11 Å². The molecule has 6 heteroatoms. The normalized spacial score (nSPS) is 37.0. The quantitative estimate of drug-likeness (QED) is 0.769. The van der Waals surface area contributed by atoms with Crippen molar-refractivity contribution in [3.05, 3.63) is 41.7 Å². The highest BCUT2D eigenvalue weighted by molar-refractivity contribution is 6.07. The Morgan fingerprint density at radius 3 is 3.00 bits per heavy atom. The van der Waals surface area contributed by atoms with Gasteiger partial charge in [0.15, 0.2) is 0 Å². The van der Waals surface area contributed by atoms with Crippen molar-refractivity contribution in [3.8, 4) is 0 Å². The van der Waals surface area contributed by atoms with E-state index in [1.54, 1.807) is 6.26 Å². The number of anilines is 1. The summed E-state index contributed by atoms with van der Waals surface area (Å²) in [7, 11) is 1.41. The average molecular weight is 368 g/mol. The summed E-state index contributed by atoms with van der Waals surface area (Å²) in [5, 5.41) is 3.09. The van der Waals surface area contributed by atoms with E-state index in [2.05, 4.69) is 23.2 Å². The second-order valence-electron chi connectivity index (χ2n) is 8.14. The summed E-state index contributed by atoms with van der Waals surface area (Å²) in [5.74, 6) is 0.0558. The van der Waals surface area contributed by atoms with Gasteiger partial charge in [-0.05, 0) is 37.9 Å². The molecule has 27 heavy (non-hydrogen) atoms. The Morgan fingerprint density at radius 2 is 2.19 bits per heavy atom. The minimum Gasteiger partial charge on any atom is -0.497 e. The van der Waals surface area contributed by atoms with Crippen LogP contribution in [-0.2, 0) is 24.5 Å². The van der Waals surface area contributed by atoms with Crippen molar-refractivity contribution in [2.75, 3.05) is 25.5 Å². The van der Waals surface area contributed by atoms with Crippen LogP contribution in [0, 0.1) is 11.8 Å². The van der Waals surface area contributed by atoms with Gasteiger partial charge >= 0.3 is 5.97 Å². The topological polar surface area (TPSA) is 67.9 Å². The van der Waals surface area contributed by atoms with Gasteiger partial charge in [-0.15, -0.1) is 0 Å². The number of piperidine rings is 1. The molecule has 5 atom stereocenters. The number of carbonyl (C=O) groups excluding carboxylic acids is 2. The monoisotopic (exact) mass is 368 g/mol. The first-order chi connectivity index (χ1) is 13.1. The van der Waals surface area contributed by atoms with Gasteiger partial charge in [-0.2, -0.15) is 0 Å². The summed E-state index contributed by atoms with van der Waals surface area (Å²) in [6.07, 6.45) is 3.20. The van der Waals surface area contributed by atoms with Gasteiger partial charge in [0.2, 0.25) is 5.91 Å². The molecule has 5 rings (SSSR count). The molecule has 0 unspecified atom stereocenters.